The van der Waals surface area contributed by atoms with Crippen LogP contribution in [-0.4, -0.2) is 37.1 Å². The summed E-state index contributed by atoms with van der Waals surface area (Å²) < 4.78 is 0. The molecule has 2 heterocycles. The first-order chi connectivity index (χ1) is 6.25. The van der Waals surface area contributed by atoms with Crippen LogP contribution in [-0.2, 0) is 0 Å². The molecule has 2 saturated heterocycles. The number of hydrogen-bond acceptors (Lipinski definition) is 2. The van der Waals surface area contributed by atoms with Gasteiger partial charge in [0.25, 0.3) is 0 Å². The minimum absolute atomic E-state index is 0.812. The molecule has 0 aliphatic carbocycles. The lowest BCUT2D eigenvalue weighted by atomic mass is 9.92. The summed E-state index contributed by atoms with van der Waals surface area (Å²) in [4.78, 5) is 2.63. The third-order valence-electron chi connectivity index (χ3n) is 3.39. The number of rotatable bonds is 2. The number of nitrogens with zero attached hydrogens (tertiary/aromatic N) is 1. The summed E-state index contributed by atoms with van der Waals surface area (Å²) in [5, 5.41) is 3.62. The first kappa shape index (κ1) is 9.47. The number of nitrogens with one attached hydrogen (secondary N) is 1. The van der Waals surface area contributed by atoms with Gasteiger partial charge in [0.1, 0.15) is 0 Å². The summed E-state index contributed by atoms with van der Waals surface area (Å²) >= 11 is 0. The van der Waals surface area contributed by atoms with Gasteiger partial charge in [-0.25, -0.2) is 0 Å². The van der Waals surface area contributed by atoms with Crippen LogP contribution in [0.4, 0.5) is 0 Å². The predicted molar refractivity (Wildman–Crippen MR) is 55.8 cm³/mol. The molecule has 1 N–H and O–H groups in total. The molecule has 2 unspecified atom stereocenters. The Morgan fingerprint density at radius 3 is 3.00 bits per heavy atom. The van der Waals surface area contributed by atoms with Gasteiger partial charge in [0.2, 0.25) is 0 Å². The quantitative estimate of drug-likeness (QED) is 0.693. The molecule has 2 atom stereocenters. The third kappa shape index (κ3) is 2.23. The smallest absolute Gasteiger partial charge is 0.0224 e. The standard InChI is InChI=1S/C11H22N2/c1-9(2)7-13-6-4-10-3-5-12-11(10)8-13/h9-12H,3-8H2,1-2H3. The van der Waals surface area contributed by atoms with Gasteiger partial charge < -0.3 is 10.2 Å². The van der Waals surface area contributed by atoms with Crippen LogP contribution in [0.3, 0.4) is 0 Å². The first-order valence-electron chi connectivity index (χ1n) is 5.71. The molecule has 0 aromatic carbocycles. The second-order valence-electron chi connectivity index (χ2n) is 5.05. The third-order valence-corrected chi connectivity index (χ3v) is 3.39. The molecule has 0 aromatic heterocycles. The molecule has 13 heavy (non-hydrogen) atoms. The minimum Gasteiger partial charge on any atom is -0.312 e. The zero-order valence-corrected chi connectivity index (χ0v) is 8.92. The number of fused-ring (bicyclic) bond motifs is 1. The number of likely N-dealkylation sites (tertiary alicyclic amines) is 1. The van der Waals surface area contributed by atoms with E-state index in [1.54, 1.807) is 0 Å². The van der Waals surface area contributed by atoms with Crippen molar-refractivity contribution in [1.29, 1.82) is 0 Å². The molecule has 0 aromatic rings. The Kier molecular flexibility index (Phi) is 2.89. The van der Waals surface area contributed by atoms with E-state index in [9.17, 15) is 0 Å². The van der Waals surface area contributed by atoms with Crippen molar-refractivity contribution in [3.8, 4) is 0 Å². The molecule has 2 aliphatic heterocycles. The average Bonchev–Trinajstić information content (AvgIpc) is 2.49. The SMILES string of the molecule is CC(C)CN1CCC2CCNC2C1. The van der Waals surface area contributed by atoms with Gasteiger partial charge in [0.15, 0.2) is 0 Å². The number of piperidine rings is 1. The van der Waals surface area contributed by atoms with Gasteiger partial charge in [-0.3, -0.25) is 0 Å². The van der Waals surface area contributed by atoms with Crippen molar-refractivity contribution in [3.05, 3.63) is 0 Å². The van der Waals surface area contributed by atoms with Crippen molar-refractivity contribution in [2.24, 2.45) is 11.8 Å². The maximum atomic E-state index is 3.62. The van der Waals surface area contributed by atoms with Crippen LogP contribution in [0.5, 0.6) is 0 Å². The van der Waals surface area contributed by atoms with Crippen molar-refractivity contribution in [2.75, 3.05) is 26.2 Å². The van der Waals surface area contributed by atoms with Gasteiger partial charge in [-0.2, -0.15) is 0 Å². The highest BCUT2D eigenvalue weighted by molar-refractivity contribution is 4.90. The Hall–Kier alpha value is -0.0800. The van der Waals surface area contributed by atoms with E-state index >= 15 is 0 Å². The Morgan fingerprint density at radius 1 is 1.38 bits per heavy atom. The summed E-state index contributed by atoms with van der Waals surface area (Å²) in [7, 11) is 0. The predicted octanol–water partition coefficient (Wildman–Crippen LogP) is 1.33. The zero-order chi connectivity index (χ0) is 9.26. The summed E-state index contributed by atoms with van der Waals surface area (Å²) in [6.07, 6.45) is 2.84. The summed E-state index contributed by atoms with van der Waals surface area (Å²) in [5.74, 6) is 1.81. The van der Waals surface area contributed by atoms with E-state index < -0.39 is 0 Å². The second kappa shape index (κ2) is 3.97. The van der Waals surface area contributed by atoms with Crippen molar-refractivity contribution < 1.29 is 0 Å². The molecule has 0 bridgehead atoms. The highest BCUT2D eigenvalue weighted by Crippen LogP contribution is 2.25. The van der Waals surface area contributed by atoms with E-state index in [0.29, 0.717) is 0 Å². The van der Waals surface area contributed by atoms with Gasteiger partial charge in [-0.05, 0) is 37.8 Å². The van der Waals surface area contributed by atoms with E-state index in [4.69, 9.17) is 0 Å². The van der Waals surface area contributed by atoms with Crippen molar-refractivity contribution in [1.82, 2.24) is 10.2 Å². The molecule has 2 aliphatic rings. The van der Waals surface area contributed by atoms with Gasteiger partial charge in [-0.15, -0.1) is 0 Å². The zero-order valence-electron chi connectivity index (χ0n) is 8.92. The first-order valence-corrected chi connectivity index (χ1v) is 5.71. The average molecular weight is 182 g/mol. The molecule has 2 nitrogen and oxygen atoms in total. The van der Waals surface area contributed by atoms with Crippen LogP contribution in [0.1, 0.15) is 26.7 Å². The molecule has 0 radical (unpaired) electrons. The molecular formula is C11H22N2. The largest absolute Gasteiger partial charge is 0.312 e. The monoisotopic (exact) mass is 182 g/mol. The van der Waals surface area contributed by atoms with E-state index in [1.165, 1.54) is 39.0 Å². The van der Waals surface area contributed by atoms with E-state index in [1.807, 2.05) is 0 Å². The molecule has 2 fully saturated rings. The summed E-state index contributed by atoms with van der Waals surface area (Å²) in [5.41, 5.74) is 0. The molecule has 2 rings (SSSR count). The lowest BCUT2D eigenvalue weighted by Crippen LogP contribution is -2.47. The second-order valence-corrected chi connectivity index (χ2v) is 5.05. The van der Waals surface area contributed by atoms with Crippen LogP contribution in [0, 0.1) is 11.8 Å². The van der Waals surface area contributed by atoms with Gasteiger partial charge in [0, 0.05) is 19.1 Å². The lowest BCUT2D eigenvalue weighted by Gasteiger charge is -2.35. The van der Waals surface area contributed by atoms with Crippen LogP contribution in [0.25, 0.3) is 0 Å². The van der Waals surface area contributed by atoms with Crippen LogP contribution in [0.2, 0.25) is 0 Å². The molecular weight excluding hydrogens is 160 g/mol. The fourth-order valence-corrected chi connectivity index (χ4v) is 2.78. The number of hydrogen-bond donors (Lipinski definition) is 1. The van der Waals surface area contributed by atoms with Gasteiger partial charge in [0.05, 0.1) is 0 Å². The molecule has 0 amide bonds. The Bertz CT molecular complexity index is 167. The maximum absolute atomic E-state index is 3.62. The van der Waals surface area contributed by atoms with Crippen LogP contribution < -0.4 is 5.32 Å². The Balaban J connectivity index is 1.83. The fourth-order valence-electron chi connectivity index (χ4n) is 2.78. The fraction of sp³-hybridized carbons (Fsp3) is 1.00. The van der Waals surface area contributed by atoms with Gasteiger partial charge >= 0.3 is 0 Å². The minimum atomic E-state index is 0.812. The summed E-state index contributed by atoms with van der Waals surface area (Å²) in [6, 6.07) is 0.812. The lowest BCUT2D eigenvalue weighted by molar-refractivity contribution is 0.152. The highest BCUT2D eigenvalue weighted by Gasteiger charge is 2.32. The maximum Gasteiger partial charge on any atom is 0.0224 e. The van der Waals surface area contributed by atoms with E-state index in [2.05, 4.69) is 24.1 Å². The molecule has 0 saturated carbocycles. The van der Waals surface area contributed by atoms with Crippen LogP contribution >= 0.6 is 0 Å². The molecule has 2 heteroatoms. The normalized spacial score (nSPS) is 35.3. The van der Waals surface area contributed by atoms with Crippen molar-refractivity contribution in [2.45, 2.75) is 32.7 Å². The summed E-state index contributed by atoms with van der Waals surface area (Å²) in [6.45, 7) is 9.79. The van der Waals surface area contributed by atoms with Crippen LogP contribution in [0.15, 0.2) is 0 Å². The Labute approximate surface area is 81.7 Å². The molecule has 76 valence electrons. The Morgan fingerprint density at radius 2 is 2.23 bits per heavy atom. The van der Waals surface area contributed by atoms with E-state index in [-0.39, 0.29) is 0 Å². The highest BCUT2D eigenvalue weighted by atomic mass is 15.2. The van der Waals surface area contributed by atoms with Crippen molar-refractivity contribution in [3.63, 3.8) is 0 Å². The molecule has 0 spiro atoms. The van der Waals surface area contributed by atoms with Gasteiger partial charge in [-0.1, -0.05) is 13.8 Å². The van der Waals surface area contributed by atoms with Crippen molar-refractivity contribution >= 4 is 0 Å². The topological polar surface area (TPSA) is 15.3 Å². The van der Waals surface area contributed by atoms with E-state index in [0.717, 1.165) is 17.9 Å².